The molecule has 0 radical (unpaired) electrons. The van der Waals surface area contributed by atoms with Crippen LogP contribution in [0.1, 0.15) is 36.8 Å². The van der Waals surface area contributed by atoms with Gasteiger partial charge in [-0.15, -0.1) is 0 Å². The van der Waals surface area contributed by atoms with Gasteiger partial charge < -0.3 is 10.4 Å². The maximum Gasteiger partial charge on any atom is 0.356 e. The van der Waals surface area contributed by atoms with E-state index in [-0.39, 0.29) is 11.7 Å². The van der Waals surface area contributed by atoms with E-state index in [1.807, 2.05) is 6.92 Å². The molecular formula is C9H13N3O2. The lowest BCUT2D eigenvalue weighted by Crippen LogP contribution is -2.28. The molecule has 2 N–H and O–H groups in total. The van der Waals surface area contributed by atoms with Crippen molar-refractivity contribution in [2.75, 3.05) is 5.32 Å². The quantitative estimate of drug-likeness (QED) is 0.709. The van der Waals surface area contributed by atoms with Gasteiger partial charge in [-0.25, -0.2) is 9.48 Å². The number of hydrogen-bond acceptors (Lipinski definition) is 3. The standard InChI is InChI=1S/C9H13N3O2/c1-5-3-6(2)12-8(10-5)4-7(11-12)9(13)14/h4-6,10H,3H2,1-2H3,(H,13,14). The van der Waals surface area contributed by atoms with Crippen LogP contribution < -0.4 is 5.32 Å². The van der Waals surface area contributed by atoms with Crippen molar-refractivity contribution in [3.05, 3.63) is 11.8 Å². The van der Waals surface area contributed by atoms with Gasteiger partial charge in [-0.2, -0.15) is 5.10 Å². The number of nitrogens with one attached hydrogen (secondary N) is 1. The molecule has 0 fully saturated rings. The molecule has 2 rings (SSSR count). The number of hydrogen-bond donors (Lipinski definition) is 2. The summed E-state index contributed by atoms with van der Waals surface area (Å²) >= 11 is 0. The Kier molecular flexibility index (Phi) is 1.94. The highest BCUT2D eigenvalue weighted by molar-refractivity contribution is 5.86. The van der Waals surface area contributed by atoms with Gasteiger partial charge in [0.05, 0.1) is 6.04 Å². The first-order valence-corrected chi connectivity index (χ1v) is 4.67. The van der Waals surface area contributed by atoms with Crippen LogP contribution in [0.4, 0.5) is 5.82 Å². The number of anilines is 1. The number of fused-ring (bicyclic) bond motifs is 1. The first-order valence-electron chi connectivity index (χ1n) is 4.67. The van der Waals surface area contributed by atoms with Gasteiger partial charge in [0.2, 0.25) is 0 Å². The van der Waals surface area contributed by atoms with Crippen molar-refractivity contribution in [1.82, 2.24) is 9.78 Å². The summed E-state index contributed by atoms with van der Waals surface area (Å²) in [5.41, 5.74) is 0.105. The Bertz CT molecular complexity index is 372. The highest BCUT2D eigenvalue weighted by atomic mass is 16.4. The molecule has 0 bridgehead atoms. The van der Waals surface area contributed by atoms with Crippen molar-refractivity contribution < 1.29 is 9.90 Å². The zero-order valence-electron chi connectivity index (χ0n) is 8.19. The smallest absolute Gasteiger partial charge is 0.356 e. The lowest BCUT2D eigenvalue weighted by Gasteiger charge is -2.27. The molecule has 14 heavy (non-hydrogen) atoms. The third-order valence-electron chi connectivity index (χ3n) is 2.46. The Morgan fingerprint density at radius 3 is 3.07 bits per heavy atom. The molecule has 2 heterocycles. The minimum atomic E-state index is -0.978. The summed E-state index contributed by atoms with van der Waals surface area (Å²) in [7, 11) is 0. The first-order chi connectivity index (χ1) is 6.58. The van der Waals surface area contributed by atoms with E-state index >= 15 is 0 Å². The van der Waals surface area contributed by atoms with E-state index in [1.54, 1.807) is 10.7 Å². The van der Waals surface area contributed by atoms with Crippen molar-refractivity contribution in [1.29, 1.82) is 0 Å². The fraction of sp³-hybridized carbons (Fsp3) is 0.556. The fourth-order valence-corrected chi connectivity index (χ4v) is 1.87. The van der Waals surface area contributed by atoms with Crippen molar-refractivity contribution in [2.24, 2.45) is 0 Å². The van der Waals surface area contributed by atoms with Gasteiger partial charge in [0, 0.05) is 12.1 Å². The summed E-state index contributed by atoms with van der Waals surface area (Å²) in [5, 5.41) is 16.0. The molecule has 76 valence electrons. The van der Waals surface area contributed by atoms with Gasteiger partial charge in [-0.1, -0.05) is 0 Å². The third kappa shape index (κ3) is 1.34. The maximum absolute atomic E-state index is 10.7. The molecule has 0 amide bonds. The number of aromatic carboxylic acids is 1. The molecule has 1 aliphatic rings. The van der Waals surface area contributed by atoms with Gasteiger partial charge in [0.25, 0.3) is 0 Å². The number of carboxylic acid groups (broad SMARTS) is 1. The highest BCUT2D eigenvalue weighted by Gasteiger charge is 2.23. The summed E-state index contributed by atoms with van der Waals surface area (Å²) in [6, 6.07) is 2.21. The Morgan fingerprint density at radius 1 is 1.71 bits per heavy atom. The van der Waals surface area contributed by atoms with Gasteiger partial charge in [-0.3, -0.25) is 0 Å². The second-order valence-corrected chi connectivity index (χ2v) is 3.79. The molecule has 0 spiro atoms. The normalized spacial score (nSPS) is 25.3. The first kappa shape index (κ1) is 9.05. The van der Waals surface area contributed by atoms with E-state index in [0.717, 1.165) is 12.2 Å². The molecule has 0 saturated heterocycles. The second kappa shape index (κ2) is 3.01. The van der Waals surface area contributed by atoms with Gasteiger partial charge in [-0.05, 0) is 20.3 Å². The van der Waals surface area contributed by atoms with Crippen LogP contribution >= 0.6 is 0 Å². The Labute approximate surface area is 81.7 Å². The third-order valence-corrected chi connectivity index (χ3v) is 2.46. The zero-order valence-corrected chi connectivity index (χ0v) is 8.19. The van der Waals surface area contributed by atoms with E-state index < -0.39 is 5.97 Å². The average molecular weight is 195 g/mol. The molecule has 0 aliphatic carbocycles. The predicted octanol–water partition coefficient (Wildman–Crippen LogP) is 1.35. The minimum absolute atomic E-state index is 0.105. The van der Waals surface area contributed by atoms with Gasteiger partial charge in [0.15, 0.2) is 5.69 Å². The lowest BCUT2D eigenvalue weighted by molar-refractivity contribution is 0.0689. The lowest BCUT2D eigenvalue weighted by atomic mass is 10.1. The van der Waals surface area contributed by atoms with Crippen LogP contribution in [0.15, 0.2) is 6.07 Å². The Balaban J connectivity index is 2.40. The van der Waals surface area contributed by atoms with E-state index in [4.69, 9.17) is 5.11 Å². The number of carboxylic acids is 1. The molecule has 0 saturated carbocycles. The molecule has 1 aromatic rings. The average Bonchev–Trinajstić information content (AvgIpc) is 2.47. The maximum atomic E-state index is 10.7. The van der Waals surface area contributed by atoms with E-state index in [2.05, 4.69) is 17.3 Å². The topological polar surface area (TPSA) is 67.2 Å². The summed E-state index contributed by atoms with van der Waals surface area (Å²) in [6.45, 7) is 4.12. The van der Waals surface area contributed by atoms with Gasteiger partial charge in [0.1, 0.15) is 5.82 Å². The Hall–Kier alpha value is -1.52. The Morgan fingerprint density at radius 2 is 2.43 bits per heavy atom. The van der Waals surface area contributed by atoms with Crippen molar-refractivity contribution in [2.45, 2.75) is 32.4 Å². The van der Waals surface area contributed by atoms with E-state index in [1.165, 1.54) is 0 Å². The fourth-order valence-electron chi connectivity index (χ4n) is 1.87. The number of aromatic nitrogens is 2. The highest BCUT2D eigenvalue weighted by Crippen LogP contribution is 2.26. The summed E-state index contributed by atoms with van der Waals surface area (Å²) in [6.07, 6.45) is 0.966. The van der Waals surface area contributed by atoms with Crippen LogP contribution in [0.3, 0.4) is 0 Å². The number of nitrogens with zero attached hydrogens (tertiary/aromatic N) is 2. The van der Waals surface area contributed by atoms with Crippen molar-refractivity contribution in [3.63, 3.8) is 0 Å². The van der Waals surface area contributed by atoms with Crippen LogP contribution in [0, 0.1) is 0 Å². The van der Waals surface area contributed by atoms with Crippen LogP contribution in [0.5, 0.6) is 0 Å². The summed E-state index contributed by atoms with van der Waals surface area (Å²) < 4.78 is 1.74. The molecular weight excluding hydrogens is 182 g/mol. The molecule has 1 aromatic heterocycles. The largest absolute Gasteiger partial charge is 0.476 e. The van der Waals surface area contributed by atoms with Crippen LogP contribution in [-0.4, -0.2) is 26.9 Å². The molecule has 2 atom stereocenters. The van der Waals surface area contributed by atoms with E-state index in [0.29, 0.717) is 6.04 Å². The second-order valence-electron chi connectivity index (χ2n) is 3.79. The molecule has 0 aromatic carbocycles. The summed E-state index contributed by atoms with van der Waals surface area (Å²) in [5.74, 6) is -0.179. The number of rotatable bonds is 1. The van der Waals surface area contributed by atoms with Crippen molar-refractivity contribution in [3.8, 4) is 0 Å². The predicted molar refractivity (Wildman–Crippen MR) is 51.6 cm³/mol. The van der Waals surface area contributed by atoms with Crippen LogP contribution in [-0.2, 0) is 0 Å². The number of carbonyl (C=O) groups is 1. The van der Waals surface area contributed by atoms with Crippen LogP contribution in [0.25, 0.3) is 0 Å². The summed E-state index contributed by atoms with van der Waals surface area (Å²) in [4.78, 5) is 10.7. The van der Waals surface area contributed by atoms with Crippen LogP contribution in [0.2, 0.25) is 0 Å². The van der Waals surface area contributed by atoms with Crippen molar-refractivity contribution >= 4 is 11.8 Å². The molecule has 2 unspecified atom stereocenters. The molecule has 5 nitrogen and oxygen atoms in total. The molecule has 5 heteroatoms. The van der Waals surface area contributed by atoms with Gasteiger partial charge >= 0.3 is 5.97 Å². The SMILES string of the molecule is CC1CC(C)n2nc(C(=O)O)cc2N1. The molecule has 1 aliphatic heterocycles. The minimum Gasteiger partial charge on any atom is -0.476 e. The monoisotopic (exact) mass is 195 g/mol. The zero-order chi connectivity index (χ0) is 10.3. The van der Waals surface area contributed by atoms with E-state index in [9.17, 15) is 4.79 Å².